The van der Waals surface area contributed by atoms with E-state index in [9.17, 15) is 12.8 Å². The van der Waals surface area contributed by atoms with Crippen LogP contribution in [0.2, 0.25) is 0 Å². The highest BCUT2D eigenvalue weighted by Gasteiger charge is 2.16. The fourth-order valence-corrected chi connectivity index (χ4v) is 1.64. The number of rotatable bonds is 1. The number of hydrogen-bond donors (Lipinski definition) is 1. The Labute approximate surface area is 76.4 Å². The van der Waals surface area contributed by atoms with Crippen LogP contribution in [-0.4, -0.2) is 8.42 Å². The van der Waals surface area contributed by atoms with E-state index in [2.05, 4.69) is 0 Å². The topological polar surface area (TPSA) is 60.2 Å². The third-order valence-electron chi connectivity index (χ3n) is 1.93. The van der Waals surface area contributed by atoms with Crippen molar-refractivity contribution in [2.45, 2.75) is 18.7 Å². The van der Waals surface area contributed by atoms with Crippen molar-refractivity contribution < 1.29 is 12.8 Å². The molecule has 72 valence electrons. The van der Waals surface area contributed by atoms with Gasteiger partial charge in [0.25, 0.3) is 0 Å². The van der Waals surface area contributed by atoms with Crippen LogP contribution in [0, 0.1) is 19.7 Å². The van der Waals surface area contributed by atoms with Gasteiger partial charge in [-0.3, -0.25) is 0 Å². The van der Waals surface area contributed by atoms with Crippen molar-refractivity contribution in [2.24, 2.45) is 5.14 Å². The largest absolute Gasteiger partial charge is 0.240 e. The Hall–Kier alpha value is -0.940. The van der Waals surface area contributed by atoms with Crippen molar-refractivity contribution in [3.05, 3.63) is 29.1 Å². The lowest BCUT2D eigenvalue weighted by atomic mass is 10.1. The molecule has 1 aromatic carbocycles. The van der Waals surface area contributed by atoms with E-state index in [1.807, 2.05) is 0 Å². The molecular formula is C8H10FNO2S. The summed E-state index contributed by atoms with van der Waals surface area (Å²) in [5.41, 5.74) is 1.01. The maximum Gasteiger partial charge on any atom is 0.240 e. The number of benzene rings is 1. The first kappa shape index (κ1) is 10.1. The molecule has 2 N–H and O–H groups in total. The van der Waals surface area contributed by atoms with Crippen LogP contribution in [0.5, 0.6) is 0 Å². The Bertz CT molecular complexity index is 440. The van der Waals surface area contributed by atoms with Crippen molar-refractivity contribution in [3.8, 4) is 0 Å². The summed E-state index contributed by atoms with van der Waals surface area (Å²) in [6.07, 6.45) is 0. The van der Waals surface area contributed by atoms with E-state index >= 15 is 0 Å². The van der Waals surface area contributed by atoms with Gasteiger partial charge in [-0.1, -0.05) is 6.07 Å². The zero-order chi connectivity index (χ0) is 10.2. The number of nitrogens with two attached hydrogens (primary N) is 1. The second-order valence-electron chi connectivity index (χ2n) is 2.86. The first-order valence-corrected chi connectivity index (χ1v) is 5.17. The van der Waals surface area contributed by atoms with Gasteiger partial charge in [0.2, 0.25) is 10.0 Å². The minimum atomic E-state index is -3.95. The summed E-state index contributed by atoms with van der Waals surface area (Å²) in [4.78, 5) is -0.449. The number of sulfonamides is 1. The van der Waals surface area contributed by atoms with Crippen molar-refractivity contribution >= 4 is 10.0 Å². The van der Waals surface area contributed by atoms with Gasteiger partial charge in [0.05, 0.1) is 0 Å². The van der Waals surface area contributed by atoms with E-state index in [1.54, 1.807) is 6.92 Å². The fourth-order valence-electron chi connectivity index (χ4n) is 0.976. The molecule has 0 saturated heterocycles. The molecule has 5 heteroatoms. The molecule has 13 heavy (non-hydrogen) atoms. The zero-order valence-corrected chi connectivity index (χ0v) is 8.15. The van der Waals surface area contributed by atoms with E-state index in [0.717, 1.165) is 0 Å². The Kier molecular flexibility index (Phi) is 2.40. The van der Waals surface area contributed by atoms with Crippen LogP contribution in [0.4, 0.5) is 4.39 Å². The SMILES string of the molecule is Cc1ccc(S(N)(=O)=O)c(F)c1C. The minimum absolute atomic E-state index is 0.312. The lowest BCUT2D eigenvalue weighted by Crippen LogP contribution is -2.14. The van der Waals surface area contributed by atoms with Crippen LogP contribution in [0.15, 0.2) is 17.0 Å². The maximum absolute atomic E-state index is 13.3. The maximum atomic E-state index is 13.3. The number of hydrogen-bond acceptors (Lipinski definition) is 2. The third-order valence-corrected chi connectivity index (χ3v) is 2.86. The Morgan fingerprint density at radius 2 is 1.85 bits per heavy atom. The molecule has 1 rings (SSSR count). The molecule has 0 radical (unpaired) electrons. The van der Waals surface area contributed by atoms with Gasteiger partial charge in [-0.15, -0.1) is 0 Å². The molecule has 0 bridgehead atoms. The molecule has 0 aliphatic heterocycles. The van der Waals surface area contributed by atoms with Crippen LogP contribution in [0.3, 0.4) is 0 Å². The Morgan fingerprint density at radius 3 is 2.31 bits per heavy atom. The van der Waals surface area contributed by atoms with Gasteiger partial charge in [0.15, 0.2) is 0 Å². The van der Waals surface area contributed by atoms with Gasteiger partial charge >= 0.3 is 0 Å². The van der Waals surface area contributed by atoms with E-state index in [4.69, 9.17) is 5.14 Å². The predicted octanol–water partition coefficient (Wildman–Crippen LogP) is 1.09. The van der Waals surface area contributed by atoms with Crippen LogP contribution in [-0.2, 0) is 10.0 Å². The first-order chi connectivity index (χ1) is 5.84. The van der Waals surface area contributed by atoms with E-state index in [-0.39, 0.29) is 0 Å². The average Bonchev–Trinajstić information content (AvgIpc) is 1.98. The lowest BCUT2D eigenvalue weighted by molar-refractivity contribution is 0.562. The van der Waals surface area contributed by atoms with Gasteiger partial charge in [0, 0.05) is 0 Å². The van der Waals surface area contributed by atoms with Gasteiger partial charge in [-0.05, 0) is 31.0 Å². The molecule has 0 aliphatic rings. The van der Waals surface area contributed by atoms with Gasteiger partial charge in [-0.25, -0.2) is 17.9 Å². The van der Waals surface area contributed by atoms with Gasteiger partial charge < -0.3 is 0 Å². The Balaban J connectivity index is 3.53. The quantitative estimate of drug-likeness (QED) is 0.742. The van der Waals surface area contributed by atoms with Crippen molar-refractivity contribution in [2.75, 3.05) is 0 Å². The summed E-state index contributed by atoms with van der Waals surface area (Å²) in [6.45, 7) is 3.21. The first-order valence-electron chi connectivity index (χ1n) is 3.62. The van der Waals surface area contributed by atoms with Crippen LogP contribution >= 0.6 is 0 Å². The standard InChI is InChI=1S/C8H10FNO2S/c1-5-3-4-7(13(10,11)12)8(9)6(5)2/h3-4H,1-2H3,(H2,10,11,12). The molecule has 0 fully saturated rings. The number of halogens is 1. The highest BCUT2D eigenvalue weighted by atomic mass is 32.2. The molecule has 0 unspecified atom stereocenters. The molecule has 0 saturated carbocycles. The van der Waals surface area contributed by atoms with E-state index in [1.165, 1.54) is 19.1 Å². The summed E-state index contributed by atoms with van der Waals surface area (Å²) in [7, 11) is -3.95. The smallest absolute Gasteiger partial charge is 0.225 e. The molecule has 3 nitrogen and oxygen atoms in total. The van der Waals surface area contributed by atoms with E-state index < -0.39 is 20.7 Å². The molecule has 0 aliphatic carbocycles. The average molecular weight is 203 g/mol. The second-order valence-corrected chi connectivity index (χ2v) is 4.39. The van der Waals surface area contributed by atoms with Crippen LogP contribution in [0.1, 0.15) is 11.1 Å². The van der Waals surface area contributed by atoms with Crippen LogP contribution < -0.4 is 5.14 Å². The summed E-state index contributed by atoms with van der Waals surface area (Å²) in [5.74, 6) is -0.762. The second kappa shape index (κ2) is 3.08. The van der Waals surface area contributed by atoms with Gasteiger partial charge in [0.1, 0.15) is 10.7 Å². The summed E-state index contributed by atoms with van der Waals surface area (Å²) >= 11 is 0. The number of primary sulfonamides is 1. The number of aryl methyl sites for hydroxylation is 1. The molecule has 0 amide bonds. The third kappa shape index (κ3) is 1.87. The van der Waals surface area contributed by atoms with Crippen molar-refractivity contribution in [3.63, 3.8) is 0 Å². The lowest BCUT2D eigenvalue weighted by Gasteiger charge is -2.05. The molecule has 1 aromatic rings. The monoisotopic (exact) mass is 203 g/mol. The molecule has 0 spiro atoms. The van der Waals surface area contributed by atoms with Crippen molar-refractivity contribution in [1.82, 2.24) is 0 Å². The van der Waals surface area contributed by atoms with Crippen LogP contribution in [0.25, 0.3) is 0 Å². The molecule has 0 aromatic heterocycles. The summed E-state index contributed by atoms with van der Waals surface area (Å²) in [6, 6.07) is 2.70. The Morgan fingerprint density at radius 1 is 1.31 bits per heavy atom. The molecular weight excluding hydrogens is 193 g/mol. The fraction of sp³-hybridized carbons (Fsp3) is 0.250. The zero-order valence-electron chi connectivity index (χ0n) is 7.33. The minimum Gasteiger partial charge on any atom is -0.225 e. The summed E-state index contributed by atoms with van der Waals surface area (Å²) in [5, 5.41) is 4.81. The van der Waals surface area contributed by atoms with Crippen molar-refractivity contribution in [1.29, 1.82) is 0 Å². The molecule has 0 heterocycles. The highest BCUT2D eigenvalue weighted by Crippen LogP contribution is 2.18. The van der Waals surface area contributed by atoms with E-state index in [0.29, 0.717) is 11.1 Å². The predicted molar refractivity (Wildman–Crippen MR) is 47.2 cm³/mol. The highest BCUT2D eigenvalue weighted by molar-refractivity contribution is 7.89. The van der Waals surface area contributed by atoms with Gasteiger partial charge in [-0.2, -0.15) is 0 Å². The normalized spacial score (nSPS) is 11.7. The molecule has 0 atom stereocenters. The summed E-state index contributed by atoms with van der Waals surface area (Å²) < 4.78 is 35.0.